The third kappa shape index (κ3) is 7.04. The topological polar surface area (TPSA) is 38.4 Å². The molecule has 0 saturated carbocycles. The lowest BCUT2D eigenvalue weighted by Crippen LogP contribution is -2.11. The van der Waals surface area contributed by atoms with Gasteiger partial charge in [0.25, 0.3) is 0 Å². The first-order chi connectivity index (χ1) is 7.83. The lowest BCUT2D eigenvalue weighted by molar-refractivity contribution is 0.825. The minimum absolute atomic E-state index is 0.705. The van der Waals surface area contributed by atoms with E-state index in [0.29, 0.717) is 6.54 Å². The fourth-order valence-electron chi connectivity index (χ4n) is 1.21. The maximum atomic E-state index is 5.76. The van der Waals surface area contributed by atoms with Gasteiger partial charge in [0.2, 0.25) is 0 Å². The second kappa shape index (κ2) is 10.2. The Kier molecular flexibility index (Phi) is 9.38. The van der Waals surface area contributed by atoms with Crippen molar-refractivity contribution in [1.82, 2.24) is 0 Å². The van der Waals surface area contributed by atoms with Crippen LogP contribution in [0.4, 0.5) is 0 Å². The SMILES string of the molecule is CC.CCCCC(N)=NCc1ccccc1. The van der Waals surface area contributed by atoms with Crippen molar-refractivity contribution in [3.8, 4) is 0 Å². The third-order valence-corrected chi connectivity index (χ3v) is 2.09. The third-order valence-electron chi connectivity index (χ3n) is 2.09. The van der Waals surface area contributed by atoms with Crippen LogP contribution in [0.1, 0.15) is 45.6 Å². The van der Waals surface area contributed by atoms with E-state index in [2.05, 4.69) is 24.0 Å². The number of unbranched alkanes of at least 4 members (excludes halogenated alkanes) is 1. The van der Waals surface area contributed by atoms with Gasteiger partial charge in [-0.3, -0.25) is 4.99 Å². The highest BCUT2D eigenvalue weighted by Gasteiger charge is 1.92. The Bertz CT molecular complexity index is 278. The van der Waals surface area contributed by atoms with E-state index >= 15 is 0 Å². The van der Waals surface area contributed by atoms with E-state index in [4.69, 9.17) is 5.73 Å². The summed E-state index contributed by atoms with van der Waals surface area (Å²) in [7, 11) is 0. The summed E-state index contributed by atoms with van der Waals surface area (Å²) in [5.41, 5.74) is 6.97. The summed E-state index contributed by atoms with van der Waals surface area (Å²) >= 11 is 0. The highest BCUT2D eigenvalue weighted by molar-refractivity contribution is 5.80. The fraction of sp³-hybridized carbons (Fsp3) is 0.500. The van der Waals surface area contributed by atoms with E-state index in [0.717, 1.165) is 18.7 Å². The molecule has 16 heavy (non-hydrogen) atoms. The Labute approximate surface area is 99.6 Å². The first-order valence-corrected chi connectivity index (χ1v) is 6.15. The van der Waals surface area contributed by atoms with E-state index in [-0.39, 0.29) is 0 Å². The van der Waals surface area contributed by atoms with Gasteiger partial charge in [-0.1, -0.05) is 57.5 Å². The molecular formula is C14H24N2. The molecule has 0 aliphatic rings. The first kappa shape index (κ1) is 14.7. The number of nitrogens with two attached hydrogens (primary N) is 1. The van der Waals surface area contributed by atoms with Gasteiger partial charge >= 0.3 is 0 Å². The molecule has 0 spiro atoms. The molecule has 2 nitrogen and oxygen atoms in total. The van der Waals surface area contributed by atoms with Crippen LogP contribution in [0, 0.1) is 0 Å². The lowest BCUT2D eigenvalue weighted by atomic mass is 10.2. The van der Waals surface area contributed by atoms with Crippen LogP contribution in [0.15, 0.2) is 35.3 Å². The average molecular weight is 220 g/mol. The second-order valence-corrected chi connectivity index (χ2v) is 3.40. The Morgan fingerprint density at radius 1 is 1.19 bits per heavy atom. The summed E-state index contributed by atoms with van der Waals surface area (Å²) < 4.78 is 0. The number of amidine groups is 1. The van der Waals surface area contributed by atoms with Crippen molar-refractivity contribution in [2.75, 3.05) is 0 Å². The van der Waals surface area contributed by atoms with Gasteiger partial charge < -0.3 is 5.73 Å². The average Bonchev–Trinajstić information content (AvgIpc) is 2.37. The minimum Gasteiger partial charge on any atom is -0.387 e. The minimum atomic E-state index is 0.705. The molecule has 0 aromatic heterocycles. The number of rotatable bonds is 5. The highest BCUT2D eigenvalue weighted by Crippen LogP contribution is 2.01. The molecule has 0 bridgehead atoms. The van der Waals surface area contributed by atoms with Crippen LogP contribution in [0.25, 0.3) is 0 Å². The number of hydrogen-bond acceptors (Lipinski definition) is 1. The summed E-state index contributed by atoms with van der Waals surface area (Å²) in [6.07, 6.45) is 3.22. The molecule has 0 unspecified atom stereocenters. The van der Waals surface area contributed by atoms with Gasteiger partial charge in [0, 0.05) is 6.42 Å². The van der Waals surface area contributed by atoms with Crippen LogP contribution in [0.3, 0.4) is 0 Å². The van der Waals surface area contributed by atoms with Gasteiger partial charge in [0.1, 0.15) is 0 Å². The maximum absolute atomic E-state index is 5.76. The second-order valence-electron chi connectivity index (χ2n) is 3.40. The molecule has 1 aromatic carbocycles. The van der Waals surface area contributed by atoms with Crippen molar-refractivity contribution in [1.29, 1.82) is 0 Å². The molecule has 90 valence electrons. The van der Waals surface area contributed by atoms with Crippen LogP contribution < -0.4 is 5.73 Å². The van der Waals surface area contributed by atoms with E-state index in [9.17, 15) is 0 Å². The van der Waals surface area contributed by atoms with Gasteiger partial charge in [-0.15, -0.1) is 0 Å². The zero-order valence-electron chi connectivity index (χ0n) is 10.7. The normalized spacial score (nSPS) is 10.6. The smallest absolute Gasteiger partial charge is 0.0941 e. The summed E-state index contributed by atoms with van der Waals surface area (Å²) in [6.45, 7) is 6.86. The van der Waals surface area contributed by atoms with Crippen LogP contribution in [-0.4, -0.2) is 5.84 Å². The summed E-state index contributed by atoms with van der Waals surface area (Å²) in [4.78, 5) is 4.33. The van der Waals surface area contributed by atoms with Crippen LogP contribution in [0.2, 0.25) is 0 Å². The van der Waals surface area contributed by atoms with Crippen molar-refractivity contribution in [2.24, 2.45) is 10.7 Å². The van der Waals surface area contributed by atoms with Crippen LogP contribution in [-0.2, 0) is 6.54 Å². The molecular weight excluding hydrogens is 196 g/mol. The van der Waals surface area contributed by atoms with Gasteiger partial charge in [0.15, 0.2) is 0 Å². The van der Waals surface area contributed by atoms with Gasteiger partial charge in [-0.2, -0.15) is 0 Å². The number of hydrogen-bond donors (Lipinski definition) is 1. The summed E-state index contributed by atoms with van der Waals surface area (Å²) in [5, 5.41) is 0. The summed E-state index contributed by atoms with van der Waals surface area (Å²) in [5.74, 6) is 0.774. The molecule has 2 N–H and O–H groups in total. The summed E-state index contributed by atoms with van der Waals surface area (Å²) in [6, 6.07) is 10.2. The lowest BCUT2D eigenvalue weighted by Gasteiger charge is -1.99. The Morgan fingerprint density at radius 2 is 1.81 bits per heavy atom. The van der Waals surface area contributed by atoms with Gasteiger partial charge in [-0.25, -0.2) is 0 Å². The molecule has 0 atom stereocenters. The molecule has 1 aromatic rings. The molecule has 1 rings (SSSR count). The number of aliphatic imine (C=N–C) groups is 1. The molecule has 0 saturated heterocycles. The number of benzene rings is 1. The van der Waals surface area contributed by atoms with Crippen molar-refractivity contribution < 1.29 is 0 Å². The van der Waals surface area contributed by atoms with Crippen molar-refractivity contribution in [2.45, 2.75) is 46.6 Å². The zero-order valence-corrected chi connectivity index (χ0v) is 10.7. The molecule has 0 fully saturated rings. The molecule has 0 amide bonds. The predicted molar refractivity (Wildman–Crippen MR) is 72.6 cm³/mol. The molecule has 0 heterocycles. The van der Waals surface area contributed by atoms with Crippen LogP contribution in [0.5, 0.6) is 0 Å². The first-order valence-electron chi connectivity index (χ1n) is 6.15. The molecule has 0 radical (unpaired) electrons. The van der Waals surface area contributed by atoms with E-state index in [1.807, 2.05) is 32.0 Å². The monoisotopic (exact) mass is 220 g/mol. The van der Waals surface area contributed by atoms with E-state index in [1.165, 1.54) is 12.0 Å². The molecule has 2 heteroatoms. The van der Waals surface area contributed by atoms with Crippen LogP contribution >= 0.6 is 0 Å². The fourth-order valence-corrected chi connectivity index (χ4v) is 1.21. The Hall–Kier alpha value is -1.31. The van der Waals surface area contributed by atoms with Crippen molar-refractivity contribution in [3.05, 3.63) is 35.9 Å². The quantitative estimate of drug-likeness (QED) is 0.595. The zero-order chi connectivity index (χ0) is 12.2. The highest BCUT2D eigenvalue weighted by atomic mass is 14.8. The molecule has 0 aliphatic heterocycles. The Morgan fingerprint density at radius 3 is 2.38 bits per heavy atom. The van der Waals surface area contributed by atoms with Gasteiger partial charge in [0.05, 0.1) is 12.4 Å². The largest absolute Gasteiger partial charge is 0.387 e. The van der Waals surface area contributed by atoms with Crippen molar-refractivity contribution >= 4 is 5.84 Å². The van der Waals surface area contributed by atoms with E-state index < -0.39 is 0 Å². The van der Waals surface area contributed by atoms with Crippen molar-refractivity contribution in [3.63, 3.8) is 0 Å². The van der Waals surface area contributed by atoms with Gasteiger partial charge in [-0.05, 0) is 12.0 Å². The standard InChI is InChI=1S/C12H18N2.C2H6/c1-2-3-9-12(13)14-10-11-7-5-4-6-8-11;1-2/h4-8H,2-3,9-10H2,1H3,(H2,13,14);1-2H3. The number of nitrogens with zero attached hydrogens (tertiary/aromatic N) is 1. The molecule has 0 aliphatic carbocycles. The Balaban J connectivity index is 0.00000106. The predicted octanol–water partition coefficient (Wildman–Crippen LogP) is 3.76. The maximum Gasteiger partial charge on any atom is 0.0941 e. The van der Waals surface area contributed by atoms with E-state index in [1.54, 1.807) is 0 Å².